The van der Waals surface area contributed by atoms with Crippen molar-refractivity contribution < 1.29 is 27.8 Å². The topological polar surface area (TPSA) is 46.5 Å². The quantitative estimate of drug-likeness (QED) is 0.893. The summed E-state index contributed by atoms with van der Waals surface area (Å²) in [7, 11) is 0. The second kappa shape index (κ2) is 5.50. The molecule has 0 aromatic heterocycles. The molecule has 0 saturated heterocycles. The molecule has 1 atom stereocenters. The smallest absolute Gasteiger partial charge is 0.481 e. The number of carboxylic acid groups (broad SMARTS) is 1. The molecule has 1 aromatic rings. The van der Waals surface area contributed by atoms with Crippen LogP contribution in [0.25, 0.3) is 0 Å². The summed E-state index contributed by atoms with van der Waals surface area (Å²) in [6.45, 7) is 3.37. The van der Waals surface area contributed by atoms with Gasteiger partial charge in [0.15, 0.2) is 0 Å². The van der Waals surface area contributed by atoms with E-state index in [-0.39, 0.29) is 12.2 Å². The standard InChI is InChI=1S/C13H15F3O3/c1-3-12(2,11(17)18)8-9-4-6-10(7-5-9)19-13(14,15)16/h4-7H,3,8H2,1-2H3,(H,17,18). The van der Waals surface area contributed by atoms with Gasteiger partial charge in [-0.2, -0.15) is 0 Å². The lowest BCUT2D eigenvalue weighted by Gasteiger charge is -2.23. The van der Waals surface area contributed by atoms with E-state index in [4.69, 9.17) is 5.11 Å². The molecule has 0 spiro atoms. The number of carbonyl (C=O) groups is 1. The molecule has 0 bridgehead atoms. The van der Waals surface area contributed by atoms with Crippen LogP contribution in [0.4, 0.5) is 13.2 Å². The number of hydrogen-bond donors (Lipinski definition) is 1. The van der Waals surface area contributed by atoms with Crippen molar-refractivity contribution in [2.75, 3.05) is 0 Å². The molecule has 0 heterocycles. The molecule has 106 valence electrons. The summed E-state index contributed by atoms with van der Waals surface area (Å²) in [6.07, 6.45) is -4.03. The lowest BCUT2D eigenvalue weighted by atomic mass is 9.81. The summed E-state index contributed by atoms with van der Waals surface area (Å²) in [4.78, 5) is 11.1. The molecule has 1 rings (SSSR count). The summed E-state index contributed by atoms with van der Waals surface area (Å²) >= 11 is 0. The Hall–Kier alpha value is -1.72. The van der Waals surface area contributed by atoms with Gasteiger partial charge in [0.05, 0.1) is 5.41 Å². The predicted molar refractivity (Wildman–Crippen MR) is 62.9 cm³/mol. The van der Waals surface area contributed by atoms with Crippen LogP contribution < -0.4 is 4.74 Å². The van der Waals surface area contributed by atoms with Crippen molar-refractivity contribution >= 4 is 5.97 Å². The molecule has 1 unspecified atom stereocenters. The summed E-state index contributed by atoms with van der Waals surface area (Å²) in [5.41, 5.74) is -0.270. The van der Waals surface area contributed by atoms with Crippen molar-refractivity contribution in [1.82, 2.24) is 0 Å². The Morgan fingerprint density at radius 2 is 1.79 bits per heavy atom. The van der Waals surface area contributed by atoms with Crippen LogP contribution in [0, 0.1) is 5.41 Å². The Morgan fingerprint density at radius 3 is 2.16 bits per heavy atom. The Morgan fingerprint density at radius 1 is 1.26 bits per heavy atom. The largest absolute Gasteiger partial charge is 0.573 e. The molecule has 0 amide bonds. The number of alkyl halides is 3. The summed E-state index contributed by atoms with van der Waals surface area (Å²) in [5, 5.41) is 9.13. The maximum absolute atomic E-state index is 12.0. The Balaban J connectivity index is 2.80. The summed E-state index contributed by atoms with van der Waals surface area (Å²) in [6, 6.07) is 5.25. The van der Waals surface area contributed by atoms with Crippen molar-refractivity contribution in [1.29, 1.82) is 0 Å². The zero-order valence-electron chi connectivity index (χ0n) is 10.6. The summed E-state index contributed by atoms with van der Waals surface area (Å²) < 4.78 is 39.7. The van der Waals surface area contributed by atoms with Crippen molar-refractivity contribution in [3.63, 3.8) is 0 Å². The van der Waals surface area contributed by atoms with Gasteiger partial charge in [0.1, 0.15) is 5.75 Å². The average molecular weight is 276 g/mol. The van der Waals surface area contributed by atoms with E-state index >= 15 is 0 Å². The van der Waals surface area contributed by atoms with Gasteiger partial charge in [0, 0.05) is 0 Å². The van der Waals surface area contributed by atoms with Crippen molar-refractivity contribution in [2.24, 2.45) is 5.41 Å². The van der Waals surface area contributed by atoms with E-state index in [9.17, 15) is 18.0 Å². The molecule has 1 aromatic carbocycles. The lowest BCUT2D eigenvalue weighted by Crippen LogP contribution is -2.29. The van der Waals surface area contributed by atoms with Crippen LogP contribution in [-0.4, -0.2) is 17.4 Å². The van der Waals surface area contributed by atoms with Crippen LogP contribution in [0.1, 0.15) is 25.8 Å². The molecule has 0 aliphatic rings. The van der Waals surface area contributed by atoms with Gasteiger partial charge < -0.3 is 9.84 Å². The third-order valence-corrected chi connectivity index (χ3v) is 3.05. The SMILES string of the molecule is CCC(C)(Cc1ccc(OC(F)(F)F)cc1)C(=O)O. The Bertz CT molecular complexity index is 439. The number of rotatable bonds is 5. The predicted octanol–water partition coefficient (Wildman–Crippen LogP) is 3.63. The minimum Gasteiger partial charge on any atom is -0.481 e. The molecular weight excluding hydrogens is 261 g/mol. The first-order chi connectivity index (χ1) is 8.66. The molecule has 1 N–H and O–H groups in total. The highest BCUT2D eigenvalue weighted by molar-refractivity contribution is 5.74. The van der Waals surface area contributed by atoms with E-state index in [2.05, 4.69) is 4.74 Å². The molecule has 0 saturated carbocycles. The fourth-order valence-corrected chi connectivity index (χ4v) is 1.61. The number of ether oxygens (including phenoxy) is 1. The highest BCUT2D eigenvalue weighted by Crippen LogP contribution is 2.28. The first-order valence-electron chi connectivity index (χ1n) is 5.74. The van der Waals surface area contributed by atoms with E-state index in [1.165, 1.54) is 24.3 Å². The molecular formula is C13H15F3O3. The van der Waals surface area contributed by atoms with E-state index in [1.54, 1.807) is 13.8 Å². The normalized spacial score (nSPS) is 14.8. The van der Waals surface area contributed by atoms with E-state index in [1.807, 2.05) is 0 Å². The number of benzene rings is 1. The van der Waals surface area contributed by atoms with Gasteiger partial charge in [-0.05, 0) is 37.5 Å². The zero-order chi connectivity index (χ0) is 14.7. The average Bonchev–Trinajstić information content (AvgIpc) is 2.29. The molecule has 3 nitrogen and oxygen atoms in total. The Labute approximate surface area is 109 Å². The van der Waals surface area contributed by atoms with Gasteiger partial charge in [-0.15, -0.1) is 13.2 Å². The second-order valence-electron chi connectivity index (χ2n) is 4.59. The van der Waals surface area contributed by atoms with Gasteiger partial charge in [0.2, 0.25) is 0 Å². The first kappa shape index (κ1) is 15.3. The molecule has 0 fully saturated rings. The van der Waals surface area contributed by atoms with Crippen LogP contribution >= 0.6 is 0 Å². The van der Waals surface area contributed by atoms with E-state index in [0.29, 0.717) is 12.0 Å². The third-order valence-electron chi connectivity index (χ3n) is 3.05. The number of hydrogen-bond acceptors (Lipinski definition) is 2. The maximum atomic E-state index is 12.0. The van der Waals surface area contributed by atoms with Gasteiger partial charge >= 0.3 is 12.3 Å². The van der Waals surface area contributed by atoms with Gasteiger partial charge in [-0.1, -0.05) is 19.1 Å². The highest BCUT2D eigenvalue weighted by atomic mass is 19.4. The number of carboxylic acids is 1. The zero-order valence-corrected chi connectivity index (χ0v) is 10.6. The summed E-state index contributed by atoms with van der Waals surface area (Å²) in [5.74, 6) is -1.24. The van der Waals surface area contributed by atoms with Crippen LogP contribution in [0.5, 0.6) is 5.75 Å². The van der Waals surface area contributed by atoms with Gasteiger partial charge in [-0.25, -0.2) is 0 Å². The van der Waals surface area contributed by atoms with Crippen molar-refractivity contribution in [2.45, 2.75) is 33.1 Å². The molecule has 0 aliphatic heterocycles. The van der Waals surface area contributed by atoms with Crippen LogP contribution in [0.2, 0.25) is 0 Å². The highest BCUT2D eigenvalue weighted by Gasteiger charge is 2.32. The number of aliphatic carboxylic acids is 1. The minimum absolute atomic E-state index is 0.255. The fourth-order valence-electron chi connectivity index (χ4n) is 1.61. The molecule has 6 heteroatoms. The first-order valence-corrected chi connectivity index (χ1v) is 5.74. The maximum Gasteiger partial charge on any atom is 0.573 e. The van der Waals surface area contributed by atoms with E-state index < -0.39 is 17.7 Å². The third kappa shape index (κ3) is 4.46. The second-order valence-corrected chi connectivity index (χ2v) is 4.59. The Kier molecular flexibility index (Phi) is 4.44. The minimum atomic E-state index is -4.72. The van der Waals surface area contributed by atoms with Gasteiger partial charge in [0.25, 0.3) is 0 Å². The molecule has 0 radical (unpaired) electrons. The molecule has 19 heavy (non-hydrogen) atoms. The number of halogens is 3. The molecule has 0 aliphatic carbocycles. The van der Waals surface area contributed by atoms with Gasteiger partial charge in [-0.3, -0.25) is 4.79 Å². The van der Waals surface area contributed by atoms with Crippen molar-refractivity contribution in [3.05, 3.63) is 29.8 Å². The van der Waals surface area contributed by atoms with Crippen LogP contribution in [0.15, 0.2) is 24.3 Å². The fraction of sp³-hybridized carbons (Fsp3) is 0.462. The van der Waals surface area contributed by atoms with Crippen molar-refractivity contribution in [3.8, 4) is 5.75 Å². The lowest BCUT2D eigenvalue weighted by molar-refractivity contribution is -0.274. The van der Waals surface area contributed by atoms with Crippen LogP contribution in [-0.2, 0) is 11.2 Å². The van der Waals surface area contributed by atoms with Crippen LogP contribution in [0.3, 0.4) is 0 Å². The van der Waals surface area contributed by atoms with E-state index in [0.717, 1.165) is 0 Å². The monoisotopic (exact) mass is 276 g/mol.